The summed E-state index contributed by atoms with van der Waals surface area (Å²) in [5.74, 6) is -0.580. The summed E-state index contributed by atoms with van der Waals surface area (Å²) in [6, 6.07) is 0. The zero-order valence-electron chi connectivity index (χ0n) is 12.7. The second-order valence-corrected chi connectivity index (χ2v) is 6.65. The number of hydrogen-bond acceptors (Lipinski definition) is 3. The molecule has 2 aliphatic rings. The van der Waals surface area contributed by atoms with Gasteiger partial charge >= 0.3 is 5.97 Å². The van der Waals surface area contributed by atoms with Crippen molar-refractivity contribution in [3.05, 3.63) is 0 Å². The largest absolute Gasteiger partial charge is 0.481 e. The normalized spacial score (nSPS) is 33.9. The van der Waals surface area contributed by atoms with E-state index in [4.69, 9.17) is 0 Å². The number of amides is 1. The van der Waals surface area contributed by atoms with Crippen molar-refractivity contribution in [1.82, 2.24) is 10.2 Å². The summed E-state index contributed by atoms with van der Waals surface area (Å²) in [6.07, 6.45) is 2.25. The van der Waals surface area contributed by atoms with Crippen molar-refractivity contribution in [2.45, 2.75) is 40.0 Å². The second kappa shape index (κ2) is 5.35. The molecule has 0 aliphatic carbocycles. The van der Waals surface area contributed by atoms with Crippen LogP contribution in [0.4, 0.5) is 0 Å². The van der Waals surface area contributed by atoms with Gasteiger partial charge in [0, 0.05) is 19.6 Å². The SMILES string of the molecule is CCC1(C(=O)N2CCC(C(=O)O)(C(C)C)C2)CCNC1. The molecule has 0 bridgehead atoms. The molecule has 5 nitrogen and oxygen atoms in total. The summed E-state index contributed by atoms with van der Waals surface area (Å²) in [4.78, 5) is 26.3. The van der Waals surface area contributed by atoms with Gasteiger partial charge in [-0.05, 0) is 31.7 Å². The van der Waals surface area contributed by atoms with E-state index in [1.807, 2.05) is 20.8 Å². The fourth-order valence-corrected chi connectivity index (χ4v) is 3.61. The Bertz CT molecular complexity index is 402. The van der Waals surface area contributed by atoms with Crippen molar-refractivity contribution < 1.29 is 14.7 Å². The van der Waals surface area contributed by atoms with Crippen LogP contribution in [-0.2, 0) is 9.59 Å². The van der Waals surface area contributed by atoms with Crippen LogP contribution < -0.4 is 5.32 Å². The number of aliphatic carboxylic acids is 1. The lowest BCUT2D eigenvalue weighted by Crippen LogP contribution is -2.46. The highest BCUT2D eigenvalue weighted by Gasteiger charge is 2.51. The number of carboxylic acids is 1. The Morgan fingerprint density at radius 2 is 2.05 bits per heavy atom. The number of carbonyl (C=O) groups is 2. The molecular formula is C15H26N2O3. The van der Waals surface area contributed by atoms with Gasteiger partial charge in [-0.15, -0.1) is 0 Å². The third-order valence-electron chi connectivity index (χ3n) is 5.49. The van der Waals surface area contributed by atoms with E-state index in [9.17, 15) is 14.7 Å². The first kappa shape index (κ1) is 15.3. The molecule has 1 amide bonds. The lowest BCUT2D eigenvalue weighted by atomic mass is 9.76. The Morgan fingerprint density at radius 3 is 2.45 bits per heavy atom. The molecule has 2 heterocycles. The molecule has 5 heteroatoms. The van der Waals surface area contributed by atoms with Crippen molar-refractivity contribution in [2.75, 3.05) is 26.2 Å². The number of carbonyl (C=O) groups excluding carboxylic acids is 1. The van der Waals surface area contributed by atoms with Crippen LogP contribution in [0.25, 0.3) is 0 Å². The van der Waals surface area contributed by atoms with E-state index < -0.39 is 11.4 Å². The van der Waals surface area contributed by atoms with Crippen molar-refractivity contribution >= 4 is 11.9 Å². The van der Waals surface area contributed by atoms with Gasteiger partial charge in [0.1, 0.15) is 0 Å². The molecule has 0 aromatic carbocycles. The smallest absolute Gasteiger partial charge is 0.311 e. The van der Waals surface area contributed by atoms with Crippen LogP contribution in [-0.4, -0.2) is 48.1 Å². The van der Waals surface area contributed by atoms with Gasteiger partial charge in [0.15, 0.2) is 0 Å². The molecule has 0 radical (unpaired) electrons. The lowest BCUT2D eigenvalue weighted by Gasteiger charge is -2.33. The van der Waals surface area contributed by atoms with Gasteiger partial charge in [-0.1, -0.05) is 20.8 Å². The monoisotopic (exact) mass is 282 g/mol. The molecule has 114 valence electrons. The molecule has 2 fully saturated rings. The Morgan fingerprint density at radius 1 is 1.35 bits per heavy atom. The zero-order valence-corrected chi connectivity index (χ0v) is 12.7. The quantitative estimate of drug-likeness (QED) is 0.816. The van der Waals surface area contributed by atoms with Crippen molar-refractivity contribution in [1.29, 1.82) is 0 Å². The molecule has 2 unspecified atom stereocenters. The van der Waals surface area contributed by atoms with Gasteiger partial charge in [-0.3, -0.25) is 9.59 Å². The molecule has 0 spiro atoms. The number of nitrogens with zero attached hydrogens (tertiary/aromatic N) is 1. The van der Waals surface area contributed by atoms with Crippen LogP contribution >= 0.6 is 0 Å². The Labute approximate surface area is 120 Å². The molecule has 2 N–H and O–H groups in total. The molecular weight excluding hydrogens is 256 g/mol. The van der Waals surface area contributed by atoms with Gasteiger partial charge in [0.05, 0.1) is 10.8 Å². The summed E-state index contributed by atoms with van der Waals surface area (Å²) in [6.45, 7) is 8.46. The molecule has 0 aromatic heterocycles. The highest BCUT2D eigenvalue weighted by Crippen LogP contribution is 2.41. The van der Waals surface area contributed by atoms with E-state index in [1.165, 1.54) is 0 Å². The summed E-state index contributed by atoms with van der Waals surface area (Å²) in [5.41, 5.74) is -1.08. The Hall–Kier alpha value is -1.10. The lowest BCUT2D eigenvalue weighted by molar-refractivity contribution is -0.152. The van der Waals surface area contributed by atoms with Crippen LogP contribution in [0.3, 0.4) is 0 Å². The first-order valence-corrected chi connectivity index (χ1v) is 7.61. The third kappa shape index (κ3) is 2.22. The van der Waals surface area contributed by atoms with Gasteiger partial charge in [0.25, 0.3) is 0 Å². The standard InChI is InChI=1S/C15H26N2O3/c1-4-14(5-7-16-9-14)12(18)17-8-6-15(10-17,11(2)3)13(19)20/h11,16H,4-10H2,1-3H3,(H,19,20). The first-order valence-electron chi connectivity index (χ1n) is 7.61. The minimum absolute atomic E-state index is 0.0390. The zero-order chi connectivity index (χ0) is 15.0. The van der Waals surface area contributed by atoms with Crippen LogP contribution in [0.15, 0.2) is 0 Å². The number of nitrogens with one attached hydrogen (secondary N) is 1. The van der Waals surface area contributed by atoms with E-state index in [2.05, 4.69) is 5.32 Å². The summed E-state index contributed by atoms with van der Waals surface area (Å²) in [7, 11) is 0. The topological polar surface area (TPSA) is 69.6 Å². The summed E-state index contributed by atoms with van der Waals surface area (Å²) < 4.78 is 0. The maximum Gasteiger partial charge on any atom is 0.311 e. The highest BCUT2D eigenvalue weighted by molar-refractivity contribution is 5.85. The second-order valence-electron chi connectivity index (χ2n) is 6.65. The van der Waals surface area contributed by atoms with Crippen molar-refractivity contribution in [3.8, 4) is 0 Å². The van der Waals surface area contributed by atoms with E-state index in [0.29, 0.717) is 19.5 Å². The number of rotatable bonds is 4. The van der Waals surface area contributed by atoms with Crippen LogP contribution in [0.1, 0.15) is 40.0 Å². The molecule has 2 rings (SSSR count). The minimum Gasteiger partial charge on any atom is -0.481 e. The fraction of sp³-hybridized carbons (Fsp3) is 0.867. The number of likely N-dealkylation sites (tertiary alicyclic amines) is 1. The predicted octanol–water partition coefficient (Wildman–Crippen LogP) is 1.34. The van der Waals surface area contributed by atoms with Crippen molar-refractivity contribution in [3.63, 3.8) is 0 Å². The van der Waals surface area contributed by atoms with Crippen LogP contribution in [0.2, 0.25) is 0 Å². The molecule has 2 saturated heterocycles. The van der Waals surface area contributed by atoms with Gasteiger partial charge in [-0.25, -0.2) is 0 Å². The Kier molecular flexibility index (Phi) is 4.09. The van der Waals surface area contributed by atoms with E-state index in [1.54, 1.807) is 4.90 Å². The maximum absolute atomic E-state index is 12.8. The van der Waals surface area contributed by atoms with Gasteiger partial charge in [0.2, 0.25) is 5.91 Å². The van der Waals surface area contributed by atoms with Gasteiger partial charge < -0.3 is 15.3 Å². The average molecular weight is 282 g/mol. The number of carboxylic acid groups (broad SMARTS) is 1. The first-order chi connectivity index (χ1) is 9.38. The average Bonchev–Trinajstić information content (AvgIpc) is 3.06. The summed E-state index contributed by atoms with van der Waals surface area (Å²) in [5, 5.41) is 12.8. The predicted molar refractivity (Wildman–Crippen MR) is 76.3 cm³/mol. The van der Waals surface area contributed by atoms with E-state index >= 15 is 0 Å². The van der Waals surface area contributed by atoms with Gasteiger partial charge in [-0.2, -0.15) is 0 Å². The molecule has 2 atom stereocenters. The van der Waals surface area contributed by atoms with Crippen LogP contribution in [0.5, 0.6) is 0 Å². The fourth-order valence-electron chi connectivity index (χ4n) is 3.61. The van der Waals surface area contributed by atoms with Crippen LogP contribution in [0, 0.1) is 16.7 Å². The molecule has 2 aliphatic heterocycles. The van der Waals surface area contributed by atoms with E-state index in [0.717, 1.165) is 25.9 Å². The highest BCUT2D eigenvalue weighted by atomic mass is 16.4. The van der Waals surface area contributed by atoms with E-state index in [-0.39, 0.29) is 17.2 Å². The maximum atomic E-state index is 12.8. The summed E-state index contributed by atoms with van der Waals surface area (Å²) >= 11 is 0. The Balaban J connectivity index is 2.16. The molecule has 0 saturated carbocycles. The van der Waals surface area contributed by atoms with Crippen molar-refractivity contribution in [2.24, 2.45) is 16.7 Å². The molecule has 0 aromatic rings. The number of hydrogen-bond donors (Lipinski definition) is 2. The minimum atomic E-state index is -0.767. The molecule has 20 heavy (non-hydrogen) atoms. The third-order valence-corrected chi connectivity index (χ3v) is 5.49.